The summed E-state index contributed by atoms with van der Waals surface area (Å²) in [7, 11) is 0. The molecule has 2 heterocycles. The summed E-state index contributed by atoms with van der Waals surface area (Å²) in [5.74, 6) is -0.135. The molecule has 0 bridgehead atoms. The molecular formula is C21H20N4O2S. The minimum absolute atomic E-state index is 0.116. The number of carbonyl (C=O) groups excluding carboxylic acids is 2. The van der Waals surface area contributed by atoms with Crippen molar-refractivity contribution in [2.75, 3.05) is 23.3 Å². The Kier molecular flexibility index (Phi) is 5.08. The molecule has 0 unspecified atom stereocenters. The molecule has 1 saturated heterocycles. The number of aryl methyl sites for hydroxylation is 1. The summed E-state index contributed by atoms with van der Waals surface area (Å²) in [5, 5.41) is 8.49. The molecule has 2 aromatic carbocycles. The van der Waals surface area contributed by atoms with E-state index in [1.807, 2.05) is 48.7 Å². The second kappa shape index (κ2) is 7.82. The van der Waals surface area contributed by atoms with Crippen molar-refractivity contribution in [3.05, 3.63) is 65.2 Å². The second-order valence-corrected chi connectivity index (χ2v) is 7.53. The Morgan fingerprint density at radius 1 is 1.25 bits per heavy atom. The molecule has 0 aliphatic carbocycles. The van der Waals surface area contributed by atoms with Gasteiger partial charge in [-0.3, -0.25) is 9.69 Å². The Labute approximate surface area is 167 Å². The van der Waals surface area contributed by atoms with Gasteiger partial charge in [-0.15, -0.1) is 11.3 Å². The van der Waals surface area contributed by atoms with E-state index in [0.29, 0.717) is 18.8 Å². The van der Waals surface area contributed by atoms with Crippen LogP contribution in [-0.4, -0.2) is 30.0 Å². The van der Waals surface area contributed by atoms with Crippen molar-refractivity contribution in [3.8, 4) is 10.6 Å². The number of hydrogen-bond acceptors (Lipinski definition) is 4. The summed E-state index contributed by atoms with van der Waals surface area (Å²) in [5.41, 5.74) is 4.43. The molecule has 0 saturated carbocycles. The molecule has 1 aromatic heterocycles. The van der Waals surface area contributed by atoms with Crippen molar-refractivity contribution >= 4 is 34.6 Å². The van der Waals surface area contributed by atoms with Crippen molar-refractivity contribution in [2.45, 2.75) is 13.3 Å². The zero-order valence-electron chi connectivity index (χ0n) is 15.4. The highest BCUT2D eigenvalue weighted by molar-refractivity contribution is 7.13. The van der Waals surface area contributed by atoms with Gasteiger partial charge >= 0.3 is 6.03 Å². The summed E-state index contributed by atoms with van der Waals surface area (Å²) < 4.78 is 0. The molecule has 28 heavy (non-hydrogen) atoms. The van der Waals surface area contributed by atoms with E-state index >= 15 is 0 Å². The monoisotopic (exact) mass is 392 g/mol. The van der Waals surface area contributed by atoms with Gasteiger partial charge in [0.1, 0.15) is 5.01 Å². The van der Waals surface area contributed by atoms with Crippen LogP contribution >= 0.6 is 11.3 Å². The van der Waals surface area contributed by atoms with Crippen LogP contribution in [0, 0.1) is 6.92 Å². The number of hydrogen-bond donors (Lipinski definition) is 2. The lowest BCUT2D eigenvalue weighted by Crippen LogP contribution is -2.27. The van der Waals surface area contributed by atoms with Gasteiger partial charge in [0, 0.05) is 35.4 Å². The van der Waals surface area contributed by atoms with Crippen LogP contribution in [0.1, 0.15) is 11.3 Å². The molecule has 7 heteroatoms. The Morgan fingerprint density at radius 3 is 2.82 bits per heavy atom. The zero-order valence-corrected chi connectivity index (χ0v) is 16.3. The minimum Gasteiger partial charge on any atom is -0.336 e. The van der Waals surface area contributed by atoms with Gasteiger partial charge in [0.05, 0.1) is 12.1 Å². The van der Waals surface area contributed by atoms with Crippen molar-refractivity contribution in [1.82, 2.24) is 10.3 Å². The molecule has 0 radical (unpaired) electrons. The van der Waals surface area contributed by atoms with Gasteiger partial charge in [-0.25, -0.2) is 9.78 Å². The van der Waals surface area contributed by atoms with E-state index in [4.69, 9.17) is 0 Å². The number of anilines is 2. The molecule has 2 N–H and O–H groups in total. The van der Waals surface area contributed by atoms with Crippen LogP contribution in [0.25, 0.3) is 10.6 Å². The molecular weight excluding hydrogens is 372 g/mol. The Bertz CT molecular complexity index is 1010. The van der Waals surface area contributed by atoms with Gasteiger partial charge in [0.15, 0.2) is 0 Å². The van der Waals surface area contributed by atoms with Crippen LogP contribution in [0.3, 0.4) is 0 Å². The molecule has 3 aromatic rings. The summed E-state index contributed by atoms with van der Waals surface area (Å²) in [4.78, 5) is 30.5. The number of nitrogens with one attached hydrogen (secondary N) is 2. The summed E-state index contributed by atoms with van der Waals surface area (Å²) >= 11 is 1.53. The van der Waals surface area contributed by atoms with Crippen LogP contribution in [-0.2, 0) is 11.2 Å². The first kappa shape index (κ1) is 18.2. The van der Waals surface area contributed by atoms with Gasteiger partial charge in [-0.05, 0) is 25.1 Å². The van der Waals surface area contributed by atoms with Gasteiger partial charge in [0.25, 0.3) is 0 Å². The largest absolute Gasteiger partial charge is 0.336 e. The standard InChI is InChI=1S/C21H20N4O2S/c1-14-5-7-15(8-6-14)20-24-17(13-28-20)12-19(26)23-16-3-2-4-18(11-16)25-10-9-22-21(25)27/h2-8,11,13H,9-10,12H2,1H3,(H,22,27)(H,23,26). The maximum absolute atomic E-state index is 12.4. The minimum atomic E-state index is -0.135. The van der Waals surface area contributed by atoms with E-state index in [0.717, 1.165) is 22.0 Å². The van der Waals surface area contributed by atoms with Crippen molar-refractivity contribution in [3.63, 3.8) is 0 Å². The summed E-state index contributed by atoms with van der Waals surface area (Å²) in [6.45, 7) is 3.30. The van der Waals surface area contributed by atoms with Crippen LogP contribution < -0.4 is 15.5 Å². The number of urea groups is 1. The lowest BCUT2D eigenvalue weighted by Gasteiger charge is -2.15. The van der Waals surface area contributed by atoms with E-state index in [1.165, 1.54) is 16.9 Å². The summed E-state index contributed by atoms with van der Waals surface area (Å²) in [6.07, 6.45) is 0.205. The molecule has 4 rings (SSSR count). The van der Waals surface area contributed by atoms with Crippen LogP contribution in [0.5, 0.6) is 0 Å². The van der Waals surface area contributed by atoms with Crippen molar-refractivity contribution in [2.24, 2.45) is 0 Å². The molecule has 0 atom stereocenters. The Hall–Kier alpha value is -3.19. The average molecular weight is 392 g/mol. The van der Waals surface area contributed by atoms with Gasteiger partial charge in [0.2, 0.25) is 5.91 Å². The molecule has 1 aliphatic heterocycles. The number of thiazole rings is 1. The fraction of sp³-hybridized carbons (Fsp3) is 0.190. The predicted molar refractivity (Wildman–Crippen MR) is 112 cm³/mol. The molecule has 142 valence electrons. The zero-order chi connectivity index (χ0) is 19.5. The van der Waals surface area contributed by atoms with E-state index in [2.05, 4.69) is 27.8 Å². The van der Waals surface area contributed by atoms with E-state index in [-0.39, 0.29) is 18.4 Å². The normalized spacial score (nSPS) is 13.5. The third-order valence-electron chi connectivity index (χ3n) is 4.49. The quantitative estimate of drug-likeness (QED) is 0.693. The topological polar surface area (TPSA) is 74.3 Å². The van der Waals surface area contributed by atoms with Crippen LogP contribution in [0.4, 0.5) is 16.2 Å². The lowest BCUT2D eigenvalue weighted by atomic mass is 10.2. The summed E-state index contributed by atoms with van der Waals surface area (Å²) in [6, 6.07) is 15.4. The number of nitrogens with zero attached hydrogens (tertiary/aromatic N) is 2. The molecule has 3 amide bonds. The molecule has 1 aliphatic rings. The fourth-order valence-electron chi connectivity index (χ4n) is 3.06. The molecule has 0 spiro atoms. The maximum Gasteiger partial charge on any atom is 0.321 e. The third kappa shape index (κ3) is 4.04. The number of aromatic nitrogens is 1. The highest BCUT2D eigenvalue weighted by atomic mass is 32.1. The SMILES string of the molecule is Cc1ccc(-c2nc(CC(=O)Nc3cccc(N4CCNC4=O)c3)cs2)cc1. The fourth-order valence-corrected chi connectivity index (χ4v) is 3.88. The first-order chi connectivity index (χ1) is 13.6. The third-order valence-corrected chi connectivity index (χ3v) is 5.43. The van der Waals surface area contributed by atoms with E-state index in [1.54, 1.807) is 4.90 Å². The van der Waals surface area contributed by atoms with Crippen molar-refractivity contribution in [1.29, 1.82) is 0 Å². The average Bonchev–Trinajstić information content (AvgIpc) is 3.31. The number of carbonyl (C=O) groups is 2. The van der Waals surface area contributed by atoms with Crippen molar-refractivity contribution < 1.29 is 9.59 Å². The highest BCUT2D eigenvalue weighted by Gasteiger charge is 2.21. The smallest absolute Gasteiger partial charge is 0.321 e. The van der Waals surface area contributed by atoms with Gasteiger partial charge in [-0.1, -0.05) is 35.9 Å². The van der Waals surface area contributed by atoms with E-state index < -0.39 is 0 Å². The molecule has 1 fully saturated rings. The highest BCUT2D eigenvalue weighted by Crippen LogP contribution is 2.25. The van der Waals surface area contributed by atoms with Gasteiger partial charge < -0.3 is 10.6 Å². The number of benzene rings is 2. The Morgan fingerprint density at radius 2 is 2.07 bits per heavy atom. The Balaban J connectivity index is 1.41. The first-order valence-electron chi connectivity index (χ1n) is 9.05. The first-order valence-corrected chi connectivity index (χ1v) is 9.93. The predicted octanol–water partition coefficient (Wildman–Crippen LogP) is 3.83. The lowest BCUT2D eigenvalue weighted by molar-refractivity contribution is -0.115. The second-order valence-electron chi connectivity index (χ2n) is 6.67. The molecule has 6 nitrogen and oxygen atoms in total. The number of rotatable bonds is 5. The number of amides is 3. The van der Waals surface area contributed by atoms with Gasteiger partial charge in [-0.2, -0.15) is 0 Å². The van der Waals surface area contributed by atoms with Crippen LogP contribution in [0.15, 0.2) is 53.9 Å². The van der Waals surface area contributed by atoms with Crippen LogP contribution in [0.2, 0.25) is 0 Å². The van der Waals surface area contributed by atoms with E-state index in [9.17, 15) is 9.59 Å². The maximum atomic E-state index is 12.4.